The number of amides is 1. The standard InChI is InChI=1S/C19H18N2O7/c1-26-17-6-3-14(21(24)25)8-13(17)10-28-19(23)11-27-15-4-5-16-12(9-15)2-7-18(22)20-16/h3-6,8-9H,2,7,10-11H2,1H3,(H,20,22). The summed E-state index contributed by atoms with van der Waals surface area (Å²) in [5, 5.41) is 13.7. The number of hydrogen-bond acceptors (Lipinski definition) is 7. The van der Waals surface area contributed by atoms with Crippen molar-refractivity contribution in [1.82, 2.24) is 0 Å². The van der Waals surface area contributed by atoms with Gasteiger partial charge in [0.05, 0.1) is 12.0 Å². The van der Waals surface area contributed by atoms with Gasteiger partial charge in [0.1, 0.15) is 18.1 Å². The summed E-state index contributed by atoms with van der Waals surface area (Å²) < 4.78 is 15.7. The van der Waals surface area contributed by atoms with E-state index in [2.05, 4.69) is 5.32 Å². The van der Waals surface area contributed by atoms with Crippen LogP contribution in [0.1, 0.15) is 17.5 Å². The molecule has 0 bridgehead atoms. The van der Waals surface area contributed by atoms with Gasteiger partial charge in [0.25, 0.3) is 5.69 Å². The third kappa shape index (κ3) is 4.56. The molecule has 1 N–H and O–H groups in total. The summed E-state index contributed by atoms with van der Waals surface area (Å²) in [5.41, 5.74) is 1.94. The van der Waals surface area contributed by atoms with E-state index in [0.29, 0.717) is 29.9 Å². The Morgan fingerprint density at radius 2 is 2.04 bits per heavy atom. The number of ether oxygens (including phenoxy) is 3. The molecule has 0 radical (unpaired) electrons. The first kappa shape index (κ1) is 19.2. The maximum Gasteiger partial charge on any atom is 0.344 e. The van der Waals surface area contributed by atoms with Crippen LogP contribution in [-0.4, -0.2) is 30.5 Å². The normalized spacial score (nSPS) is 12.5. The number of carbonyl (C=O) groups is 2. The van der Waals surface area contributed by atoms with E-state index in [1.807, 2.05) is 0 Å². The summed E-state index contributed by atoms with van der Waals surface area (Å²) in [6.07, 6.45) is 1.01. The molecule has 0 atom stereocenters. The predicted octanol–water partition coefficient (Wildman–Crippen LogP) is 2.61. The summed E-state index contributed by atoms with van der Waals surface area (Å²) >= 11 is 0. The van der Waals surface area contributed by atoms with E-state index in [1.54, 1.807) is 18.2 Å². The van der Waals surface area contributed by atoms with Gasteiger partial charge >= 0.3 is 5.97 Å². The maximum absolute atomic E-state index is 12.0. The predicted molar refractivity (Wildman–Crippen MR) is 98.3 cm³/mol. The third-order valence-corrected chi connectivity index (χ3v) is 4.19. The fraction of sp³-hybridized carbons (Fsp3) is 0.263. The van der Waals surface area contributed by atoms with Crippen LogP contribution in [0.4, 0.5) is 11.4 Å². The smallest absolute Gasteiger partial charge is 0.344 e. The number of nitro groups is 1. The Balaban J connectivity index is 1.56. The van der Waals surface area contributed by atoms with Crippen LogP contribution in [0.25, 0.3) is 0 Å². The lowest BCUT2D eigenvalue weighted by Gasteiger charge is -2.17. The summed E-state index contributed by atoms with van der Waals surface area (Å²) in [7, 11) is 1.42. The van der Waals surface area contributed by atoms with Crippen molar-refractivity contribution in [3.05, 3.63) is 57.6 Å². The molecule has 2 aromatic rings. The van der Waals surface area contributed by atoms with Crippen LogP contribution in [0, 0.1) is 10.1 Å². The van der Waals surface area contributed by atoms with Crippen LogP contribution in [0.2, 0.25) is 0 Å². The minimum absolute atomic E-state index is 0.0266. The molecule has 0 aliphatic carbocycles. The molecular weight excluding hydrogens is 368 g/mol. The third-order valence-electron chi connectivity index (χ3n) is 4.19. The lowest BCUT2D eigenvalue weighted by atomic mass is 10.0. The van der Waals surface area contributed by atoms with Gasteiger partial charge in [-0.05, 0) is 36.2 Å². The number of carbonyl (C=O) groups excluding carboxylic acids is 2. The van der Waals surface area contributed by atoms with Crippen molar-refractivity contribution < 1.29 is 28.7 Å². The lowest BCUT2D eigenvalue weighted by Crippen LogP contribution is -2.19. The highest BCUT2D eigenvalue weighted by atomic mass is 16.6. The number of non-ortho nitro benzene ring substituents is 1. The zero-order valence-corrected chi connectivity index (χ0v) is 15.1. The van der Waals surface area contributed by atoms with E-state index in [1.165, 1.54) is 25.3 Å². The molecule has 0 saturated heterocycles. The van der Waals surface area contributed by atoms with Gasteiger partial charge in [-0.2, -0.15) is 0 Å². The van der Waals surface area contributed by atoms with Gasteiger partial charge < -0.3 is 19.5 Å². The summed E-state index contributed by atoms with van der Waals surface area (Å²) in [5.74, 6) is 0.219. The highest BCUT2D eigenvalue weighted by molar-refractivity contribution is 5.94. The van der Waals surface area contributed by atoms with Gasteiger partial charge in [0.15, 0.2) is 6.61 Å². The van der Waals surface area contributed by atoms with Crippen LogP contribution >= 0.6 is 0 Å². The molecule has 3 rings (SSSR count). The van der Waals surface area contributed by atoms with Crippen molar-refractivity contribution in [2.75, 3.05) is 19.0 Å². The van der Waals surface area contributed by atoms with E-state index in [-0.39, 0.29) is 24.8 Å². The summed E-state index contributed by atoms with van der Waals surface area (Å²) in [6, 6.07) is 9.20. The first-order valence-electron chi connectivity index (χ1n) is 8.49. The summed E-state index contributed by atoms with van der Waals surface area (Å²) in [6.45, 7) is -0.494. The second-order valence-electron chi connectivity index (χ2n) is 6.07. The molecule has 0 spiro atoms. The topological polar surface area (TPSA) is 117 Å². The summed E-state index contributed by atoms with van der Waals surface area (Å²) in [4.78, 5) is 33.7. The molecule has 2 aromatic carbocycles. The average Bonchev–Trinajstić information content (AvgIpc) is 2.70. The highest BCUT2D eigenvalue weighted by Crippen LogP contribution is 2.27. The van der Waals surface area contributed by atoms with Crippen LogP contribution < -0.4 is 14.8 Å². The van der Waals surface area contributed by atoms with Crippen molar-refractivity contribution >= 4 is 23.3 Å². The SMILES string of the molecule is COc1ccc([N+](=O)[O-])cc1COC(=O)COc1ccc2c(c1)CCC(=O)N2. The second kappa shape index (κ2) is 8.38. The van der Waals surface area contributed by atoms with Gasteiger partial charge in [0, 0.05) is 29.8 Å². The Kier molecular flexibility index (Phi) is 5.73. The van der Waals surface area contributed by atoms with E-state index in [4.69, 9.17) is 14.2 Å². The molecule has 1 amide bonds. The number of anilines is 1. The number of nitrogens with zero attached hydrogens (tertiary/aromatic N) is 1. The first-order valence-corrected chi connectivity index (χ1v) is 8.49. The van der Waals surface area contributed by atoms with Crippen LogP contribution in [0.15, 0.2) is 36.4 Å². The molecule has 0 saturated carbocycles. The molecular formula is C19H18N2O7. The number of fused-ring (bicyclic) bond motifs is 1. The van der Waals surface area contributed by atoms with Gasteiger partial charge in [-0.25, -0.2) is 4.79 Å². The van der Waals surface area contributed by atoms with Gasteiger partial charge in [-0.1, -0.05) is 0 Å². The van der Waals surface area contributed by atoms with E-state index >= 15 is 0 Å². The van der Waals surface area contributed by atoms with Crippen molar-refractivity contribution in [3.63, 3.8) is 0 Å². The quantitative estimate of drug-likeness (QED) is 0.441. The number of methoxy groups -OCH3 is 1. The molecule has 28 heavy (non-hydrogen) atoms. The molecule has 1 aliphatic rings. The molecule has 9 nitrogen and oxygen atoms in total. The largest absolute Gasteiger partial charge is 0.496 e. The minimum Gasteiger partial charge on any atom is -0.496 e. The van der Waals surface area contributed by atoms with E-state index in [9.17, 15) is 19.7 Å². The Morgan fingerprint density at radius 1 is 1.21 bits per heavy atom. The van der Waals surface area contributed by atoms with Gasteiger partial charge in [0.2, 0.25) is 5.91 Å². The molecule has 0 unspecified atom stereocenters. The lowest BCUT2D eigenvalue weighted by molar-refractivity contribution is -0.385. The van der Waals surface area contributed by atoms with Crippen LogP contribution in [-0.2, 0) is 27.4 Å². The monoisotopic (exact) mass is 386 g/mol. The second-order valence-corrected chi connectivity index (χ2v) is 6.07. The van der Waals surface area contributed by atoms with Crippen LogP contribution in [0.5, 0.6) is 11.5 Å². The number of benzene rings is 2. The molecule has 1 aliphatic heterocycles. The van der Waals surface area contributed by atoms with Crippen molar-refractivity contribution in [1.29, 1.82) is 0 Å². The number of rotatable bonds is 7. The van der Waals surface area contributed by atoms with Gasteiger partial charge in [-0.15, -0.1) is 0 Å². The number of aryl methyl sites for hydroxylation is 1. The fourth-order valence-electron chi connectivity index (χ4n) is 2.78. The number of hydrogen-bond donors (Lipinski definition) is 1. The highest BCUT2D eigenvalue weighted by Gasteiger charge is 2.16. The zero-order chi connectivity index (χ0) is 20.1. The Hall–Kier alpha value is -3.62. The molecule has 9 heteroatoms. The minimum atomic E-state index is -0.625. The van der Waals surface area contributed by atoms with E-state index in [0.717, 1.165) is 11.3 Å². The average molecular weight is 386 g/mol. The number of esters is 1. The van der Waals surface area contributed by atoms with Crippen LogP contribution in [0.3, 0.4) is 0 Å². The number of nitrogens with one attached hydrogen (secondary N) is 1. The van der Waals surface area contributed by atoms with Crippen molar-refractivity contribution in [2.45, 2.75) is 19.4 Å². The first-order chi connectivity index (χ1) is 13.5. The molecule has 0 fully saturated rings. The molecule has 1 heterocycles. The number of nitro benzene ring substituents is 1. The zero-order valence-electron chi connectivity index (χ0n) is 15.1. The Labute approximate surface area is 160 Å². The van der Waals surface area contributed by atoms with Gasteiger partial charge in [-0.3, -0.25) is 14.9 Å². The van der Waals surface area contributed by atoms with Crippen molar-refractivity contribution in [3.8, 4) is 11.5 Å². The fourth-order valence-corrected chi connectivity index (χ4v) is 2.78. The van der Waals surface area contributed by atoms with Crippen molar-refractivity contribution in [2.24, 2.45) is 0 Å². The molecule has 146 valence electrons. The Bertz CT molecular complexity index is 926. The van der Waals surface area contributed by atoms with E-state index < -0.39 is 10.9 Å². The maximum atomic E-state index is 12.0. The Morgan fingerprint density at radius 3 is 2.79 bits per heavy atom. The molecule has 0 aromatic heterocycles.